The Labute approximate surface area is 450 Å². The van der Waals surface area contributed by atoms with Gasteiger partial charge in [-0.15, -0.1) is 0 Å². The van der Waals surface area contributed by atoms with Crippen LogP contribution in [0.25, 0.3) is 11.1 Å². The SMILES string of the molecule is CC(C)(C)c1ccc(N(c2ccc(C(C)(C)C)cc2)c2ccc(N3c4ccc(C(C)(C)C)cc4B4c5cc(C(C)(C)C)ccc5N(c5ccc(C(C)(C)C)cc5)c5cccc3c54)c3c2C(C)(C)c2ccccc2-3)cc1. The summed E-state index contributed by atoms with van der Waals surface area (Å²) in [6.07, 6.45) is 0. The molecule has 4 heteroatoms. The van der Waals surface area contributed by atoms with Gasteiger partial charge in [0, 0.05) is 50.8 Å². The Kier molecular flexibility index (Phi) is 11.5. The van der Waals surface area contributed by atoms with E-state index in [1.807, 2.05) is 0 Å². The molecule has 3 aliphatic rings. The standard InChI is InChI=1S/C71H78BN3/c1-66(2,3)45-25-33-50(34-26-45)73(51-35-27-46(28-36-51)67(4,5)6)60-42-41-59(63-53-21-18-19-22-54(53)71(16,17)64(60)63)75-58-40-32-49(70(13,14)15)44-56(58)72-55-43-48(69(10,11)12)31-39-57(55)74(61-23-20-24-62(75)65(61)72)52-37-29-47(30-38-52)68(7,8)9/h18-44H,1-17H3. The highest BCUT2D eigenvalue weighted by Gasteiger charge is 2.47. The zero-order valence-electron chi connectivity index (χ0n) is 48.0. The Hall–Kier alpha value is -6.78. The van der Waals surface area contributed by atoms with Gasteiger partial charge in [-0.05, 0) is 161 Å². The predicted molar refractivity (Wildman–Crippen MR) is 326 cm³/mol. The van der Waals surface area contributed by atoms with Gasteiger partial charge in [-0.25, -0.2) is 0 Å². The second-order valence-electron chi connectivity index (χ2n) is 27.6. The second kappa shape index (κ2) is 17.1. The molecule has 0 aromatic heterocycles. The van der Waals surface area contributed by atoms with Crippen molar-refractivity contribution in [3.8, 4) is 11.1 Å². The lowest BCUT2D eigenvalue weighted by Crippen LogP contribution is -2.61. The van der Waals surface area contributed by atoms with Crippen molar-refractivity contribution >= 4 is 74.3 Å². The number of hydrogen-bond acceptors (Lipinski definition) is 3. The van der Waals surface area contributed by atoms with Gasteiger partial charge in [0.25, 0.3) is 6.71 Å². The first-order chi connectivity index (χ1) is 35.1. The lowest BCUT2D eigenvalue weighted by atomic mass is 9.33. The van der Waals surface area contributed by atoms with Crippen LogP contribution in [0.3, 0.4) is 0 Å². The van der Waals surface area contributed by atoms with Gasteiger partial charge in [-0.2, -0.15) is 0 Å². The van der Waals surface area contributed by atoms with E-state index >= 15 is 0 Å². The minimum Gasteiger partial charge on any atom is -0.311 e. The molecular weight excluding hydrogens is 906 g/mol. The van der Waals surface area contributed by atoms with Gasteiger partial charge in [0.2, 0.25) is 0 Å². The highest BCUT2D eigenvalue weighted by atomic mass is 15.2. The van der Waals surface area contributed by atoms with E-state index in [1.165, 1.54) is 106 Å². The van der Waals surface area contributed by atoms with E-state index in [0.29, 0.717) is 0 Å². The number of anilines is 9. The van der Waals surface area contributed by atoms with Crippen LogP contribution in [0.5, 0.6) is 0 Å². The van der Waals surface area contributed by atoms with E-state index in [2.05, 4.69) is 296 Å². The molecule has 0 radical (unpaired) electrons. The van der Waals surface area contributed by atoms with E-state index in [4.69, 9.17) is 0 Å². The first kappa shape index (κ1) is 50.4. The maximum absolute atomic E-state index is 2.65. The van der Waals surface area contributed by atoms with Crippen molar-refractivity contribution in [2.24, 2.45) is 0 Å². The third kappa shape index (κ3) is 8.34. The molecule has 8 aromatic rings. The van der Waals surface area contributed by atoms with Gasteiger partial charge >= 0.3 is 0 Å². The Morgan fingerprint density at radius 1 is 0.387 bits per heavy atom. The third-order valence-corrected chi connectivity index (χ3v) is 16.8. The fraction of sp³-hybridized carbons (Fsp3) is 0.324. The largest absolute Gasteiger partial charge is 0.311 e. The summed E-state index contributed by atoms with van der Waals surface area (Å²) in [7, 11) is 0. The third-order valence-electron chi connectivity index (χ3n) is 16.8. The lowest BCUT2D eigenvalue weighted by Gasteiger charge is -2.45. The van der Waals surface area contributed by atoms with E-state index in [0.717, 1.165) is 11.4 Å². The molecule has 1 aliphatic carbocycles. The zero-order valence-corrected chi connectivity index (χ0v) is 48.0. The Morgan fingerprint density at radius 3 is 1.28 bits per heavy atom. The lowest BCUT2D eigenvalue weighted by molar-refractivity contribution is 0.590. The monoisotopic (exact) mass is 984 g/mol. The summed E-state index contributed by atoms with van der Waals surface area (Å²) < 4.78 is 0. The van der Waals surface area contributed by atoms with E-state index in [1.54, 1.807) is 0 Å². The summed E-state index contributed by atoms with van der Waals surface area (Å²) in [4.78, 5) is 7.74. The number of rotatable bonds is 5. The van der Waals surface area contributed by atoms with Crippen LogP contribution in [0.4, 0.5) is 51.2 Å². The van der Waals surface area contributed by atoms with Gasteiger partial charge in [0.05, 0.1) is 11.4 Å². The molecule has 2 heterocycles. The first-order valence-electron chi connectivity index (χ1n) is 27.6. The van der Waals surface area contributed by atoms with Crippen LogP contribution in [0.15, 0.2) is 164 Å². The molecule has 0 atom stereocenters. The molecule has 0 amide bonds. The van der Waals surface area contributed by atoms with Crippen LogP contribution >= 0.6 is 0 Å². The summed E-state index contributed by atoms with van der Waals surface area (Å²) in [6, 6.07) is 63.9. The highest BCUT2D eigenvalue weighted by Crippen LogP contribution is 2.59. The van der Waals surface area contributed by atoms with Crippen molar-refractivity contribution < 1.29 is 0 Å². The molecule has 3 nitrogen and oxygen atoms in total. The van der Waals surface area contributed by atoms with Crippen molar-refractivity contribution in [3.63, 3.8) is 0 Å². The van der Waals surface area contributed by atoms with Crippen molar-refractivity contribution in [2.75, 3.05) is 14.7 Å². The normalized spacial score (nSPS) is 14.8. The number of benzene rings is 8. The molecular formula is C71H78BN3. The van der Waals surface area contributed by atoms with Gasteiger partial charge in [-0.1, -0.05) is 209 Å². The molecule has 0 saturated carbocycles. The molecule has 380 valence electrons. The molecule has 2 aliphatic heterocycles. The summed E-state index contributed by atoms with van der Waals surface area (Å²) in [5, 5.41) is 0. The predicted octanol–water partition coefficient (Wildman–Crippen LogP) is 18.0. The van der Waals surface area contributed by atoms with Gasteiger partial charge in [-0.3, -0.25) is 0 Å². The Balaban J connectivity index is 1.21. The van der Waals surface area contributed by atoms with Crippen LogP contribution in [0.2, 0.25) is 0 Å². The number of fused-ring (bicyclic) bond motifs is 7. The molecule has 75 heavy (non-hydrogen) atoms. The fourth-order valence-corrected chi connectivity index (χ4v) is 12.4. The van der Waals surface area contributed by atoms with Crippen LogP contribution in [0, 0.1) is 0 Å². The first-order valence-corrected chi connectivity index (χ1v) is 27.6. The Morgan fingerprint density at radius 2 is 0.800 bits per heavy atom. The molecule has 0 N–H and O–H groups in total. The average molecular weight is 984 g/mol. The van der Waals surface area contributed by atoms with Crippen molar-refractivity contribution in [2.45, 2.75) is 150 Å². The quantitative estimate of drug-likeness (QED) is 0.159. The van der Waals surface area contributed by atoms with E-state index in [9.17, 15) is 0 Å². The minimum atomic E-state index is -0.335. The van der Waals surface area contributed by atoms with Crippen LogP contribution in [0.1, 0.15) is 157 Å². The summed E-state index contributed by atoms with van der Waals surface area (Å²) in [5.74, 6) is 0. The maximum Gasteiger partial charge on any atom is 0.252 e. The molecule has 0 bridgehead atoms. The molecule has 0 unspecified atom stereocenters. The molecule has 0 saturated heterocycles. The zero-order chi connectivity index (χ0) is 53.5. The summed E-state index contributed by atoms with van der Waals surface area (Å²) in [6.45, 7) is 39.7. The van der Waals surface area contributed by atoms with Crippen molar-refractivity contribution in [1.82, 2.24) is 0 Å². The topological polar surface area (TPSA) is 9.72 Å². The highest BCUT2D eigenvalue weighted by molar-refractivity contribution is 7.00. The average Bonchev–Trinajstić information content (AvgIpc) is 3.64. The van der Waals surface area contributed by atoms with E-state index < -0.39 is 0 Å². The number of nitrogens with zero attached hydrogens (tertiary/aromatic N) is 3. The van der Waals surface area contributed by atoms with Crippen LogP contribution in [-0.2, 0) is 32.5 Å². The van der Waals surface area contributed by atoms with Crippen molar-refractivity contribution in [3.05, 3.63) is 203 Å². The molecule has 8 aromatic carbocycles. The smallest absolute Gasteiger partial charge is 0.252 e. The summed E-state index contributed by atoms with van der Waals surface area (Å²) in [5.41, 5.74) is 26.4. The number of hydrogen-bond donors (Lipinski definition) is 0. The molecule has 11 rings (SSSR count). The van der Waals surface area contributed by atoms with Crippen LogP contribution in [-0.4, -0.2) is 6.71 Å². The fourth-order valence-electron chi connectivity index (χ4n) is 12.4. The Bertz CT molecular complexity index is 3470. The van der Waals surface area contributed by atoms with Crippen molar-refractivity contribution in [1.29, 1.82) is 0 Å². The van der Waals surface area contributed by atoms with E-state index in [-0.39, 0.29) is 39.2 Å². The molecule has 0 spiro atoms. The van der Waals surface area contributed by atoms with Gasteiger partial charge in [0.1, 0.15) is 0 Å². The second-order valence-corrected chi connectivity index (χ2v) is 27.6. The maximum atomic E-state index is 2.65. The minimum absolute atomic E-state index is 0.00540. The van der Waals surface area contributed by atoms with Crippen LogP contribution < -0.4 is 31.1 Å². The molecule has 0 fully saturated rings. The summed E-state index contributed by atoms with van der Waals surface area (Å²) >= 11 is 0. The van der Waals surface area contributed by atoms with Gasteiger partial charge in [0.15, 0.2) is 0 Å². The van der Waals surface area contributed by atoms with Gasteiger partial charge < -0.3 is 14.7 Å².